The van der Waals surface area contributed by atoms with Crippen LogP contribution in [0, 0.1) is 0 Å². The second kappa shape index (κ2) is 10.2. The Bertz CT molecular complexity index is 1110. The first kappa shape index (κ1) is 24.3. The fraction of sp³-hybridized carbons (Fsp3) is 0.440. The number of benzene rings is 1. The van der Waals surface area contributed by atoms with Gasteiger partial charge >= 0.3 is 0 Å². The number of aryl methyl sites for hydroxylation is 1. The summed E-state index contributed by atoms with van der Waals surface area (Å²) in [6, 6.07) is 9.14. The quantitative estimate of drug-likeness (QED) is 0.647. The number of nitrogens with zero attached hydrogens (tertiary/aromatic N) is 4. The largest absolute Gasteiger partial charge is 0.378 e. The molecule has 35 heavy (non-hydrogen) atoms. The molecule has 2 aliphatic heterocycles. The van der Waals surface area contributed by atoms with Crippen molar-refractivity contribution in [1.82, 2.24) is 25.0 Å². The number of piperazine rings is 1. The minimum absolute atomic E-state index is 0.0473. The van der Waals surface area contributed by atoms with E-state index < -0.39 is 18.0 Å². The minimum atomic E-state index is -0.913. The van der Waals surface area contributed by atoms with Gasteiger partial charge < -0.3 is 29.9 Å². The topological polar surface area (TPSA) is 107 Å². The molecule has 4 amide bonds. The molecule has 0 saturated carbocycles. The van der Waals surface area contributed by atoms with Crippen molar-refractivity contribution in [2.24, 2.45) is 7.05 Å². The van der Waals surface area contributed by atoms with Crippen molar-refractivity contribution >= 4 is 29.3 Å². The molecule has 0 radical (unpaired) electrons. The fourth-order valence-electron chi connectivity index (χ4n) is 4.53. The molecule has 0 aliphatic carbocycles. The van der Waals surface area contributed by atoms with E-state index in [0.717, 1.165) is 12.1 Å². The van der Waals surface area contributed by atoms with Gasteiger partial charge in [0.1, 0.15) is 17.8 Å². The highest BCUT2D eigenvalue weighted by Gasteiger charge is 2.39. The number of piperidine rings is 1. The zero-order valence-electron chi connectivity index (χ0n) is 20.4. The van der Waals surface area contributed by atoms with Gasteiger partial charge in [0.05, 0.1) is 6.54 Å². The van der Waals surface area contributed by atoms with Gasteiger partial charge in [-0.1, -0.05) is 0 Å². The normalized spacial score (nSPS) is 20.3. The lowest BCUT2D eigenvalue weighted by Gasteiger charge is -2.41. The van der Waals surface area contributed by atoms with Crippen LogP contribution in [-0.4, -0.2) is 90.4 Å². The number of hydrogen-bond acceptors (Lipinski definition) is 5. The number of anilines is 1. The first-order chi connectivity index (χ1) is 16.8. The standard InChI is InChI=1S/C25H32N6O4/c1-28(2)18-10-8-17(9-11-18)24(34)31-15-14-30(25(35)20-7-5-13-29(20)3)16-21(31)23(33)27-19-6-4-12-26-22(19)32/h5,7-11,13,19,21H,4,6,12,14-16H2,1-3H3,(H,26,32)(H,27,33)/t19-,21+/m1/s1. The van der Waals surface area contributed by atoms with Crippen LogP contribution in [0.5, 0.6) is 0 Å². The van der Waals surface area contributed by atoms with Crippen LogP contribution in [0.2, 0.25) is 0 Å². The lowest BCUT2D eigenvalue weighted by atomic mass is 10.0. The molecular weight excluding hydrogens is 448 g/mol. The fourth-order valence-corrected chi connectivity index (χ4v) is 4.53. The Labute approximate surface area is 204 Å². The Kier molecular flexibility index (Phi) is 7.09. The predicted octanol–water partition coefficient (Wildman–Crippen LogP) is 0.453. The van der Waals surface area contributed by atoms with Gasteiger partial charge in [-0.15, -0.1) is 0 Å². The zero-order chi connectivity index (χ0) is 25.1. The van der Waals surface area contributed by atoms with Crippen LogP contribution in [0.1, 0.15) is 33.7 Å². The molecule has 0 bridgehead atoms. The van der Waals surface area contributed by atoms with Crippen molar-refractivity contribution in [1.29, 1.82) is 0 Å². The molecule has 1 aromatic carbocycles. The SMILES string of the molecule is CN(C)c1ccc(C(=O)N2CCN(C(=O)c3cccn3C)C[C@H]2C(=O)N[C@@H]2CCCNC2=O)cc1. The van der Waals surface area contributed by atoms with Crippen LogP contribution in [0.25, 0.3) is 0 Å². The van der Waals surface area contributed by atoms with E-state index in [1.807, 2.05) is 31.1 Å². The molecule has 2 aromatic rings. The van der Waals surface area contributed by atoms with E-state index in [9.17, 15) is 19.2 Å². The van der Waals surface area contributed by atoms with Gasteiger partial charge in [0, 0.05) is 58.2 Å². The highest BCUT2D eigenvalue weighted by molar-refractivity contribution is 6.00. The number of amides is 4. The summed E-state index contributed by atoms with van der Waals surface area (Å²) in [4.78, 5) is 57.3. The zero-order valence-corrected chi connectivity index (χ0v) is 20.4. The van der Waals surface area contributed by atoms with Crippen LogP contribution in [0.4, 0.5) is 5.69 Å². The van der Waals surface area contributed by atoms with Gasteiger partial charge in [0.2, 0.25) is 11.8 Å². The number of rotatable bonds is 5. The molecule has 2 fully saturated rings. The highest BCUT2D eigenvalue weighted by atomic mass is 16.2. The highest BCUT2D eigenvalue weighted by Crippen LogP contribution is 2.20. The van der Waals surface area contributed by atoms with Crippen molar-refractivity contribution in [3.8, 4) is 0 Å². The lowest BCUT2D eigenvalue weighted by Crippen LogP contribution is -2.63. The van der Waals surface area contributed by atoms with E-state index in [1.54, 1.807) is 47.0 Å². The van der Waals surface area contributed by atoms with Gasteiger partial charge in [-0.05, 0) is 49.2 Å². The van der Waals surface area contributed by atoms with E-state index >= 15 is 0 Å². The molecule has 2 N–H and O–H groups in total. The van der Waals surface area contributed by atoms with Gasteiger partial charge in [-0.3, -0.25) is 19.2 Å². The van der Waals surface area contributed by atoms with Crippen LogP contribution >= 0.6 is 0 Å². The first-order valence-corrected chi connectivity index (χ1v) is 11.8. The Hall–Kier alpha value is -3.82. The molecule has 4 rings (SSSR count). The van der Waals surface area contributed by atoms with E-state index in [0.29, 0.717) is 30.8 Å². The summed E-state index contributed by atoms with van der Waals surface area (Å²) in [6.45, 7) is 1.14. The molecular formula is C25H32N6O4. The Balaban J connectivity index is 1.57. The number of hydrogen-bond donors (Lipinski definition) is 2. The maximum Gasteiger partial charge on any atom is 0.270 e. The molecule has 3 heterocycles. The smallest absolute Gasteiger partial charge is 0.270 e. The van der Waals surface area contributed by atoms with Crippen LogP contribution in [0.3, 0.4) is 0 Å². The number of nitrogens with one attached hydrogen (secondary N) is 2. The van der Waals surface area contributed by atoms with Crippen molar-refractivity contribution in [2.75, 3.05) is 45.2 Å². The number of aromatic nitrogens is 1. The Morgan fingerprint density at radius 2 is 1.80 bits per heavy atom. The van der Waals surface area contributed by atoms with Gasteiger partial charge in [0.15, 0.2) is 0 Å². The molecule has 186 valence electrons. The first-order valence-electron chi connectivity index (χ1n) is 11.8. The van der Waals surface area contributed by atoms with Crippen molar-refractivity contribution in [3.63, 3.8) is 0 Å². The summed E-state index contributed by atoms with van der Waals surface area (Å²) in [6.07, 6.45) is 3.09. The van der Waals surface area contributed by atoms with E-state index in [2.05, 4.69) is 10.6 Å². The van der Waals surface area contributed by atoms with Gasteiger partial charge in [0.25, 0.3) is 11.8 Å². The number of carbonyl (C=O) groups is 4. The van der Waals surface area contributed by atoms with Crippen molar-refractivity contribution in [3.05, 3.63) is 53.9 Å². The molecule has 1 aromatic heterocycles. The van der Waals surface area contributed by atoms with E-state index in [1.165, 1.54) is 4.90 Å². The molecule has 2 aliphatic rings. The van der Waals surface area contributed by atoms with Crippen LogP contribution < -0.4 is 15.5 Å². The minimum Gasteiger partial charge on any atom is -0.378 e. The molecule has 2 saturated heterocycles. The Morgan fingerprint density at radius 1 is 1.06 bits per heavy atom. The van der Waals surface area contributed by atoms with Gasteiger partial charge in [-0.2, -0.15) is 0 Å². The molecule has 10 nitrogen and oxygen atoms in total. The second-order valence-electron chi connectivity index (χ2n) is 9.21. The summed E-state index contributed by atoms with van der Waals surface area (Å²) in [5.41, 5.74) is 1.93. The molecule has 0 unspecified atom stereocenters. The van der Waals surface area contributed by atoms with Crippen LogP contribution in [-0.2, 0) is 16.6 Å². The van der Waals surface area contributed by atoms with Crippen molar-refractivity contribution in [2.45, 2.75) is 24.9 Å². The van der Waals surface area contributed by atoms with E-state index in [4.69, 9.17) is 0 Å². The molecule has 10 heteroatoms. The molecule has 2 atom stereocenters. The predicted molar refractivity (Wildman–Crippen MR) is 131 cm³/mol. The third kappa shape index (κ3) is 5.16. The maximum atomic E-state index is 13.5. The van der Waals surface area contributed by atoms with Gasteiger partial charge in [-0.25, -0.2) is 0 Å². The van der Waals surface area contributed by atoms with E-state index in [-0.39, 0.29) is 30.8 Å². The number of carbonyl (C=O) groups excluding carboxylic acids is 4. The third-order valence-corrected chi connectivity index (χ3v) is 6.63. The van der Waals surface area contributed by atoms with Crippen LogP contribution in [0.15, 0.2) is 42.6 Å². The summed E-state index contributed by atoms with van der Waals surface area (Å²) < 4.78 is 1.73. The van der Waals surface area contributed by atoms with Crippen molar-refractivity contribution < 1.29 is 19.2 Å². The summed E-state index contributed by atoms with van der Waals surface area (Å²) >= 11 is 0. The second-order valence-corrected chi connectivity index (χ2v) is 9.21. The average Bonchev–Trinajstić information content (AvgIpc) is 3.30. The maximum absolute atomic E-state index is 13.5. The Morgan fingerprint density at radius 3 is 2.43 bits per heavy atom. The average molecular weight is 481 g/mol. The summed E-state index contributed by atoms with van der Waals surface area (Å²) in [7, 11) is 5.62. The third-order valence-electron chi connectivity index (χ3n) is 6.63. The monoisotopic (exact) mass is 480 g/mol. The molecule has 0 spiro atoms. The summed E-state index contributed by atoms with van der Waals surface area (Å²) in [5, 5.41) is 5.57. The lowest BCUT2D eigenvalue weighted by molar-refractivity contribution is -0.133. The summed E-state index contributed by atoms with van der Waals surface area (Å²) in [5.74, 6) is -1.15.